The second-order valence-electron chi connectivity index (χ2n) is 4.76. The number of nitrogens with two attached hydrogens (primary N) is 1. The van der Waals surface area contributed by atoms with Crippen molar-refractivity contribution in [2.75, 3.05) is 0 Å². The van der Waals surface area contributed by atoms with Crippen molar-refractivity contribution in [3.05, 3.63) is 41.6 Å². The van der Waals surface area contributed by atoms with Gasteiger partial charge in [0.15, 0.2) is 0 Å². The standard InChI is InChI=1S/C14H19N3/c1-9(2)14(17-15)12-8-10(3)16-13-7-5-4-6-11(12)13/h4-9,14,17H,15H2,1-3H3. The SMILES string of the molecule is Cc1cc(C(NN)C(C)C)c2ccccc2n1. The molecule has 0 aliphatic rings. The molecule has 1 unspecified atom stereocenters. The van der Waals surface area contributed by atoms with E-state index >= 15 is 0 Å². The highest BCUT2D eigenvalue weighted by molar-refractivity contribution is 5.82. The molecule has 1 aromatic heterocycles. The Morgan fingerprint density at radius 3 is 2.59 bits per heavy atom. The number of hydrazine groups is 1. The van der Waals surface area contributed by atoms with Gasteiger partial charge in [0, 0.05) is 17.1 Å². The Balaban J connectivity index is 2.66. The molecule has 0 saturated carbocycles. The molecule has 3 N–H and O–H groups in total. The largest absolute Gasteiger partial charge is 0.271 e. The van der Waals surface area contributed by atoms with Crippen LogP contribution in [0.1, 0.15) is 31.1 Å². The van der Waals surface area contributed by atoms with Gasteiger partial charge in [-0.2, -0.15) is 0 Å². The van der Waals surface area contributed by atoms with Crippen molar-refractivity contribution in [1.29, 1.82) is 0 Å². The van der Waals surface area contributed by atoms with Gasteiger partial charge in [-0.25, -0.2) is 0 Å². The maximum absolute atomic E-state index is 5.68. The molecular weight excluding hydrogens is 210 g/mol. The van der Waals surface area contributed by atoms with Crippen LogP contribution in [0.3, 0.4) is 0 Å². The molecule has 1 aromatic carbocycles. The molecule has 0 fully saturated rings. The number of rotatable bonds is 3. The van der Waals surface area contributed by atoms with Crippen LogP contribution in [0.4, 0.5) is 0 Å². The third kappa shape index (κ3) is 2.30. The highest BCUT2D eigenvalue weighted by atomic mass is 15.2. The van der Waals surface area contributed by atoms with Crippen LogP contribution in [0.2, 0.25) is 0 Å². The number of para-hydroxylation sites is 1. The van der Waals surface area contributed by atoms with Gasteiger partial charge in [0.1, 0.15) is 0 Å². The predicted molar refractivity (Wildman–Crippen MR) is 71.4 cm³/mol. The lowest BCUT2D eigenvalue weighted by molar-refractivity contribution is 0.423. The van der Waals surface area contributed by atoms with Crippen molar-refractivity contribution in [1.82, 2.24) is 10.4 Å². The second-order valence-corrected chi connectivity index (χ2v) is 4.76. The van der Waals surface area contributed by atoms with Gasteiger partial charge in [-0.05, 0) is 30.5 Å². The van der Waals surface area contributed by atoms with Gasteiger partial charge in [0.2, 0.25) is 0 Å². The zero-order valence-corrected chi connectivity index (χ0v) is 10.6. The van der Waals surface area contributed by atoms with E-state index in [4.69, 9.17) is 5.84 Å². The fraction of sp³-hybridized carbons (Fsp3) is 0.357. The van der Waals surface area contributed by atoms with Gasteiger partial charge in [-0.15, -0.1) is 0 Å². The number of nitrogens with one attached hydrogen (secondary N) is 1. The highest BCUT2D eigenvalue weighted by Crippen LogP contribution is 2.28. The lowest BCUT2D eigenvalue weighted by Crippen LogP contribution is -2.31. The summed E-state index contributed by atoms with van der Waals surface area (Å²) >= 11 is 0. The minimum atomic E-state index is 0.154. The van der Waals surface area contributed by atoms with Crippen molar-refractivity contribution in [3.63, 3.8) is 0 Å². The Kier molecular flexibility index (Phi) is 3.41. The zero-order valence-electron chi connectivity index (χ0n) is 10.6. The summed E-state index contributed by atoms with van der Waals surface area (Å²) in [6, 6.07) is 10.5. The van der Waals surface area contributed by atoms with Gasteiger partial charge in [-0.3, -0.25) is 16.3 Å². The summed E-state index contributed by atoms with van der Waals surface area (Å²) in [4.78, 5) is 4.54. The van der Waals surface area contributed by atoms with Crippen molar-refractivity contribution in [3.8, 4) is 0 Å². The summed E-state index contributed by atoms with van der Waals surface area (Å²) in [7, 11) is 0. The van der Waals surface area contributed by atoms with Crippen molar-refractivity contribution in [2.24, 2.45) is 11.8 Å². The molecule has 1 heterocycles. The monoisotopic (exact) mass is 229 g/mol. The van der Waals surface area contributed by atoms with E-state index in [1.165, 1.54) is 10.9 Å². The van der Waals surface area contributed by atoms with Crippen LogP contribution in [0.15, 0.2) is 30.3 Å². The van der Waals surface area contributed by atoms with Crippen LogP contribution in [0.5, 0.6) is 0 Å². The Bertz CT molecular complexity index is 520. The van der Waals surface area contributed by atoms with Crippen molar-refractivity contribution >= 4 is 10.9 Å². The maximum atomic E-state index is 5.68. The number of aromatic nitrogens is 1. The molecule has 0 bridgehead atoms. The molecule has 90 valence electrons. The molecule has 2 rings (SSSR count). The average molecular weight is 229 g/mol. The first kappa shape index (κ1) is 12.0. The topological polar surface area (TPSA) is 50.9 Å². The third-order valence-corrected chi connectivity index (χ3v) is 3.06. The summed E-state index contributed by atoms with van der Waals surface area (Å²) in [6.45, 7) is 6.34. The van der Waals surface area contributed by atoms with E-state index in [0.29, 0.717) is 5.92 Å². The number of hydrogen-bond donors (Lipinski definition) is 2. The summed E-state index contributed by atoms with van der Waals surface area (Å²) in [5, 5.41) is 1.18. The molecule has 1 atom stereocenters. The van der Waals surface area contributed by atoms with Crippen LogP contribution in [-0.2, 0) is 0 Å². The highest BCUT2D eigenvalue weighted by Gasteiger charge is 2.17. The van der Waals surface area contributed by atoms with Crippen LogP contribution in [0, 0.1) is 12.8 Å². The first-order valence-electron chi connectivity index (χ1n) is 5.96. The van der Waals surface area contributed by atoms with Crippen LogP contribution in [-0.4, -0.2) is 4.98 Å². The number of benzene rings is 1. The molecule has 3 heteroatoms. The van der Waals surface area contributed by atoms with Gasteiger partial charge in [0.25, 0.3) is 0 Å². The molecule has 0 amide bonds. The molecule has 0 spiro atoms. The van der Waals surface area contributed by atoms with Gasteiger partial charge in [0.05, 0.1) is 5.52 Å². The van der Waals surface area contributed by atoms with E-state index in [-0.39, 0.29) is 6.04 Å². The fourth-order valence-corrected chi connectivity index (χ4v) is 2.24. The van der Waals surface area contributed by atoms with E-state index in [9.17, 15) is 0 Å². The third-order valence-electron chi connectivity index (χ3n) is 3.06. The minimum absolute atomic E-state index is 0.154. The summed E-state index contributed by atoms with van der Waals surface area (Å²) < 4.78 is 0. The number of aryl methyl sites for hydroxylation is 1. The molecule has 3 nitrogen and oxygen atoms in total. The van der Waals surface area contributed by atoms with Crippen LogP contribution < -0.4 is 11.3 Å². The first-order valence-corrected chi connectivity index (χ1v) is 5.96. The van der Waals surface area contributed by atoms with Gasteiger partial charge >= 0.3 is 0 Å². The van der Waals surface area contributed by atoms with E-state index in [1.54, 1.807) is 0 Å². The minimum Gasteiger partial charge on any atom is -0.271 e. The molecule has 0 saturated heterocycles. The van der Waals surface area contributed by atoms with Crippen LogP contribution in [0.25, 0.3) is 10.9 Å². The van der Waals surface area contributed by atoms with Crippen molar-refractivity contribution < 1.29 is 0 Å². The molecule has 17 heavy (non-hydrogen) atoms. The molecular formula is C14H19N3. The summed E-state index contributed by atoms with van der Waals surface area (Å²) in [5.74, 6) is 6.11. The fourth-order valence-electron chi connectivity index (χ4n) is 2.24. The number of fused-ring (bicyclic) bond motifs is 1. The average Bonchev–Trinajstić information content (AvgIpc) is 2.29. The van der Waals surface area contributed by atoms with E-state index in [2.05, 4.69) is 36.4 Å². The number of nitrogens with zero attached hydrogens (tertiary/aromatic N) is 1. The van der Waals surface area contributed by atoms with E-state index < -0.39 is 0 Å². The Morgan fingerprint density at radius 2 is 1.94 bits per heavy atom. The maximum Gasteiger partial charge on any atom is 0.0708 e. The summed E-state index contributed by atoms with van der Waals surface area (Å²) in [5.41, 5.74) is 6.20. The predicted octanol–water partition coefficient (Wildman–Crippen LogP) is 2.70. The van der Waals surface area contributed by atoms with Crippen LogP contribution >= 0.6 is 0 Å². The summed E-state index contributed by atoms with van der Waals surface area (Å²) in [6.07, 6.45) is 0. The van der Waals surface area contributed by atoms with Crippen molar-refractivity contribution in [2.45, 2.75) is 26.8 Å². The van der Waals surface area contributed by atoms with E-state index in [0.717, 1.165) is 11.2 Å². The van der Waals surface area contributed by atoms with Gasteiger partial charge in [-0.1, -0.05) is 32.0 Å². The Labute approximate surface area is 102 Å². The molecule has 0 radical (unpaired) electrons. The quantitative estimate of drug-likeness (QED) is 0.628. The zero-order chi connectivity index (χ0) is 12.4. The lowest BCUT2D eigenvalue weighted by Gasteiger charge is -2.22. The Morgan fingerprint density at radius 1 is 1.24 bits per heavy atom. The molecule has 2 aromatic rings. The van der Waals surface area contributed by atoms with Gasteiger partial charge < -0.3 is 0 Å². The molecule has 0 aliphatic heterocycles. The second kappa shape index (κ2) is 4.82. The molecule has 0 aliphatic carbocycles. The van der Waals surface area contributed by atoms with E-state index in [1.807, 2.05) is 25.1 Å². The normalized spacial score (nSPS) is 13.2. The number of pyridine rings is 1. The lowest BCUT2D eigenvalue weighted by atomic mass is 9.93. The number of hydrogen-bond acceptors (Lipinski definition) is 3. The Hall–Kier alpha value is -1.45. The smallest absolute Gasteiger partial charge is 0.0708 e. The first-order chi connectivity index (χ1) is 8.13.